The van der Waals surface area contributed by atoms with Gasteiger partial charge in [-0.3, -0.25) is 4.18 Å². The number of benzene rings is 2. The van der Waals surface area contributed by atoms with Crippen LogP contribution < -0.4 is 0 Å². The highest BCUT2D eigenvalue weighted by molar-refractivity contribution is 7.86. The first kappa shape index (κ1) is 17.7. The molecule has 0 radical (unpaired) electrons. The molecule has 0 N–H and O–H groups in total. The fourth-order valence-corrected chi connectivity index (χ4v) is 4.26. The molecule has 0 saturated heterocycles. The van der Waals surface area contributed by atoms with Gasteiger partial charge in [0.15, 0.2) is 0 Å². The van der Waals surface area contributed by atoms with Crippen molar-refractivity contribution in [3.05, 3.63) is 101 Å². The van der Waals surface area contributed by atoms with E-state index in [0.29, 0.717) is 0 Å². The Morgan fingerprint density at radius 3 is 2.52 bits per heavy atom. The highest BCUT2D eigenvalue weighted by Crippen LogP contribution is 2.35. The van der Waals surface area contributed by atoms with Gasteiger partial charge in [0.2, 0.25) is 0 Å². The number of hydrogen-bond donors (Lipinski definition) is 0. The molecule has 1 unspecified atom stereocenters. The van der Waals surface area contributed by atoms with Gasteiger partial charge in [0.25, 0.3) is 10.1 Å². The second-order valence-electron chi connectivity index (χ2n) is 6.68. The lowest BCUT2D eigenvalue weighted by molar-refractivity contribution is 0.362. The van der Waals surface area contributed by atoms with E-state index in [1.54, 1.807) is 24.3 Å². The molecule has 2 aliphatic carbocycles. The fourth-order valence-electron chi connectivity index (χ4n) is 3.38. The third kappa shape index (κ3) is 3.59. The first-order chi connectivity index (χ1) is 13.0. The summed E-state index contributed by atoms with van der Waals surface area (Å²) < 4.78 is 30.8. The van der Waals surface area contributed by atoms with Crippen LogP contribution in [0.2, 0.25) is 0 Å². The third-order valence-corrected chi connectivity index (χ3v) is 6.13. The van der Waals surface area contributed by atoms with Crippen LogP contribution in [0.15, 0.2) is 89.4 Å². The monoisotopic (exact) mass is 376 g/mol. The smallest absolute Gasteiger partial charge is 0.262 e. The minimum Gasteiger partial charge on any atom is -0.262 e. The lowest BCUT2D eigenvalue weighted by atomic mass is 9.89. The van der Waals surface area contributed by atoms with Crippen LogP contribution in [0.1, 0.15) is 16.7 Å². The Labute approximate surface area is 160 Å². The van der Waals surface area contributed by atoms with Gasteiger partial charge in [-0.25, -0.2) is 0 Å². The topological polar surface area (TPSA) is 43.4 Å². The number of fused-ring (bicyclic) bond motifs is 2. The number of rotatable bonds is 4. The minimum absolute atomic E-state index is 0.00107. The highest BCUT2D eigenvalue weighted by Gasteiger charge is 2.23. The van der Waals surface area contributed by atoms with Crippen molar-refractivity contribution in [3.63, 3.8) is 0 Å². The first-order valence-corrected chi connectivity index (χ1v) is 10.3. The fraction of sp³-hybridized carbons (Fsp3) is 0.130. The van der Waals surface area contributed by atoms with E-state index in [2.05, 4.69) is 18.2 Å². The maximum Gasteiger partial charge on any atom is 0.297 e. The van der Waals surface area contributed by atoms with Gasteiger partial charge < -0.3 is 0 Å². The van der Waals surface area contributed by atoms with E-state index in [0.717, 1.165) is 27.8 Å². The van der Waals surface area contributed by atoms with E-state index >= 15 is 0 Å². The summed E-state index contributed by atoms with van der Waals surface area (Å²) >= 11 is 0. The van der Waals surface area contributed by atoms with Crippen LogP contribution in [0.25, 0.3) is 11.6 Å². The molecule has 4 rings (SSSR count). The Hall–Kier alpha value is -2.69. The average molecular weight is 376 g/mol. The summed E-state index contributed by atoms with van der Waals surface area (Å²) in [6.45, 7) is 1.92. The van der Waals surface area contributed by atoms with Gasteiger partial charge >= 0.3 is 0 Å². The molecule has 4 heteroatoms. The molecule has 0 saturated carbocycles. The Morgan fingerprint density at radius 2 is 1.70 bits per heavy atom. The van der Waals surface area contributed by atoms with Crippen LogP contribution in [0, 0.1) is 12.8 Å². The summed E-state index contributed by atoms with van der Waals surface area (Å²) in [5, 5.41) is 0. The van der Waals surface area contributed by atoms with Crippen molar-refractivity contribution in [1.82, 2.24) is 0 Å². The molecule has 0 aromatic heterocycles. The Bertz CT molecular complexity index is 1080. The summed E-state index contributed by atoms with van der Waals surface area (Å²) in [6, 6.07) is 14.7. The van der Waals surface area contributed by atoms with E-state index in [4.69, 9.17) is 4.18 Å². The molecule has 136 valence electrons. The molecular formula is C23H20O3S. The van der Waals surface area contributed by atoms with Crippen molar-refractivity contribution in [2.75, 3.05) is 6.61 Å². The normalized spacial score (nSPS) is 18.2. The molecule has 1 atom stereocenters. The van der Waals surface area contributed by atoms with Crippen molar-refractivity contribution < 1.29 is 12.6 Å². The zero-order valence-corrected chi connectivity index (χ0v) is 15.8. The molecule has 27 heavy (non-hydrogen) atoms. The molecular weight excluding hydrogens is 356 g/mol. The quantitative estimate of drug-likeness (QED) is 0.711. The molecule has 0 amide bonds. The van der Waals surface area contributed by atoms with E-state index < -0.39 is 10.1 Å². The van der Waals surface area contributed by atoms with Crippen LogP contribution in [0.5, 0.6) is 0 Å². The zero-order valence-electron chi connectivity index (χ0n) is 15.0. The van der Waals surface area contributed by atoms with Crippen LogP contribution in [0.3, 0.4) is 0 Å². The van der Waals surface area contributed by atoms with Gasteiger partial charge in [0.05, 0.1) is 11.5 Å². The molecule has 0 aliphatic heterocycles. The van der Waals surface area contributed by atoms with E-state index in [-0.39, 0.29) is 17.4 Å². The summed E-state index contributed by atoms with van der Waals surface area (Å²) in [5.41, 5.74) is 5.04. The van der Waals surface area contributed by atoms with Crippen molar-refractivity contribution in [2.24, 2.45) is 5.92 Å². The third-order valence-electron chi connectivity index (χ3n) is 4.85. The standard InChI is InChI=1S/C23H20O3S/c1-17-10-14-20(15-11-17)27(24,25)26-16-23-21-8-4-2-6-18(21)12-13-19-7-3-5-9-22(19)23/h2-15,18H,16H2,1H3. The summed E-state index contributed by atoms with van der Waals surface area (Å²) in [5.74, 6) is 0.114. The van der Waals surface area contributed by atoms with Crippen molar-refractivity contribution in [2.45, 2.75) is 11.8 Å². The number of allylic oxidation sites excluding steroid dienone is 6. The van der Waals surface area contributed by atoms with Crippen LogP contribution in [0.4, 0.5) is 0 Å². The Morgan fingerprint density at radius 1 is 0.926 bits per heavy atom. The molecule has 0 fully saturated rings. The van der Waals surface area contributed by atoms with E-state index in [1.807, 2.05) is 49.4 Å². The van der Waals surface area contributed by atoms with Gasteiger partial charge in [-0.05, 0) is 41.3 Å². The van der Waals surface area contributed by atoms with Gasteiger partial charge in [0.1, 0.15) is 0 Å². The predicted molar refractivity (Wildman–Crippen MR) is 108 cm³/mol. The van der Waals surface area contributed by atoms with Crippen molar-refractivity contribution >= 4 is 21.8 Å². The number of aryl methyl sites for hydroxylation is 1. The molecule has 2 aliphatic rings. The van der Waals surface area contributed by atoms with Crippen LogP contribution in [-0.4, -0.2) is 15.0 Å². The van der Waals surface area contributed by atoms with Crippen molar-refractivity contribution in [3.8, 4) is 0 Å². The van der Waals surface area contributed by atoms with Gasteiger partial charge in [0, 0.05) is 5.92 Å². The van der Waals surface area contributed by atoms with E-state index in [9.17, 15) is 8.42 Å². The summed E-state index contributed by atoms with van der Waals surface area (Å²) in [6.07, 6.45) is 12.3. The minimum atomic E-state index is -3.83. The van der Waals surface area contributed by atoms with Gasteiger partial charge in [-0.1, -0.05) is 78.4 Å². The van der Waals surface area contributed by atoms with E-state index in [1.165, 1.54) is 0 Å². The highest BCUT2D eigenvalue weighted by atomic mass is 32.2. The largest absolute Gasteiger partial charge is 0.297 e. The van der Waals surface area contributed by atoms with Crippen molar-refractivity contribution in [1.29, 1.82) is 0 Å². The van der Waals surface area contributed by atoms with Gasteiger partial charge in [-0.15, -0.1) is 0 Å². The molecule has 3 nitrogen and oxygen atoms in total. The lowest BCUT2D eigenvalue weighted by Gasteiger charge is -2.18. The molecule has 0 heterocycles. The molecule has 2 aromatic carbocycles. The Balaban J connectivity index is 1.71. The SMILES string of the molecule is Cc1ccc(S(=O)(=O)OCC2=C3C=CC=CC3C=Cc3ccccc32)cc1. The molecule has 2 aromatic rings. The first-order valence-electron chi connectivity index (χ1n) is 8.86. The van der Waals surface area contributed by atoms with Gasteiger partial charge in [-0.2, -0.15) is 8.42 Å². The zero-order chi connectivity index (χ0) is 18.9. The number of hydrogen-bond acceptors (Lipinski definition) is 3. The maximum atomic E-state index is 12.7. The summed E-state index contributed by atoms with van der Waals surface area (Å²) in [7, 11) is -3.83. The van der Waals surface area contributed by atoms with Crippen LogP contribution >= 0.6 is 0 Å². The molecule has 0 spiro atoms. The maximum absolute atomic E-state index is 12.7. The Kier molecular flexibility index (Phi) is 4.68. The second-order valence-corrected chi connectivity index (χ2v) is 8.29. The molecule has 0 bridgehead atoms. The predicted octanol–water partition coefficient (Wildman–Crippen LogP) is 4.92. The summed E-state index contributed by atoms with van der Waals surface area (Å²) in [4.78, 5) is 0.175. The second kappa shape index (κ2) is 7.14. The van der Waals surface area contributed by atoms with Crippen LogP contribution in [-0.2, 0) is 14.3 Å². The average Bonchev–Trinajstić information content (AvgIpc) is 2.84. The lowest BCUT2D eigenvalue weighted by Crippen LogP contribution is -2.11.